The number of hydrogen-bond donors (Lipinski definition) is 2. The van der Waals surface area contributed by atoms with Crippen molar-refractivity contribution in [2.75, 3.05) is 20.5 Å². The lowest BCUT2D eigenvalue weighted by atomic mass is 10.1. The van der Waals surface area contributed by atoms with Crippen molar-refractivity contribution in [2.45, 2.75) is 19.6 Å². The van der Waals surface area contributed by atoms with Crippen LogP contribution in [0.5, 0.6) is 11.5 Å². The second-order valence-electron chi connectivity index (χ2n) is 5.05. The van der Waals surface area contributed by atoms with Crippen LogP contribution in [0.2, 0.25) is 0 Å². The van der Waals surface area contributed by atoms with Gasteiger partial charge in [-0.15, -0.1) is 0 Å². The summed E-state index contributed by atoms with van der Waals surface area (Å²) in [5, 5.41) is 9.00. The number of aliphatic hydroxyl groups excluding tert-OH is 1. The lowest BCUT2D eigenvalue weighted by Gasteiger charge is -2.15. The molecule has 2 aromatic rings. The first-order valence-electron chi connectivity index (χ1n) is 7.06. The quantitative estimate of drug-likeness (QED) is 0.743. The molecule has 1 aromatic heterocycles. The first kappa shape index (κ1) is 20.7. The lowest BCUT2D eigenvalue weighted by molar-refractivity contribution is 0.243. The van der Waals surface area contributed by atoms with E-state index in [1.54, 1.807) is 20.3 Å². The molecule has 0 bridgehead atoms. The summed E-state index contributed by atoms with van der Waals surface area (Å²) in [6, 6.07) is 5.19. The zero-order valence-electron chi connectivity index (χ0n) is 14.3. The monoisotopic (exact) mass is 375 g/mol. The number of oxazole rings is 1. The van der Waals surface area contributed by atoms with E-state index in [0.29, 0.717) is 17.8 Å². The molecule has 1 atom stereocenters. The highest BCUT2D eigenvalue weighted by Gasteiger charge is 2.15. The highest BCUT2D eigenvalue weighted by Crippen LogP contribution is 2.30. The van der Waals surface area contributed by atoms with Crippen molar-refractivity contribution in [1.29, 1.82) is 0 Å². The van der Waals surface area contributed by atoms with Crippen LogP contribution in [0.4, 0.5) is 0 Å². The Balaban J connectivity index is 0.000000550. The minimum atomic E-state index is -3.67. The average molecular weight is 375 g/mol. The zero-order chi connectivity index (χ0) is 19.2. The van der Waals surface area contributed by atoms with Gasteiger partial charge in [-0.3, -0.25) is 9.12 Å². The third kappa shape index (κ3) is 6.25. The summed E-state index contributed by atoms with van der Waals surface area (Å²) in [5.41, 5.74) is 0.870. The molecular weight excluding hydrogens is 354 g/mol. The second kappa shape index (κ2) is 8.70. The van der Waals surface area contributed by atoms with E-state index < -0.39 is 15.9 Å². The fourth-order valence-corrected chi connectivity index (χ4v) is 2.02. The normalized spacial score (nSPS) is 12.1. The van der Waals surface area contributed by atoms with Crippen LogP contribution in [0.1, 0.15) is 24.3 Å². The van der Waals surface area contributed by atoms with Crippen LogP contribution < -0.4 is 15.2 Å². The van der Waals surface area contributed by atoms with Gasteiger partial charge in [0.05, 0.1) is 32.7 Å². The Kier molecular flexibility index (Phi) is 7.22. The molecule has 2 rings (SSSR count). The number of methoxy groups -OCH3 is 2. The number of ether oxygens (including phenoxy) is 2. The van der Waals surface area contributed by atoms with Crippen molar-refractivity contribution in [3.8, 4) is 11.5 Å². The molecule has 0 aliphatic heterocycles. The van der Waals surface area contributed by atoms with Crippen molar-refractivity contribution in [2.24, 2.45) is 0 Å². The molecule has 0 aliphatic carbocycles. The van der Waals surface area contributed by atoms with Crippen molar-refractivity contribution < 1.29 is 32.0 Å². The fourth-order valence-electron chi connectivity index (χ4n) is 2.02. The molecule has 1 unspecified atom stereocenters. The van der Waals surface area contributed by atoms with Gasteiger partial charge >= 0.3 is 5.76 Å². The largest absolute Gasteiger partial charge is 0.493 e. The van der Waals surface area contributed by atoms with Crippen LogP contribution >= 0.6 is 0 Å². The molecular formula is C15H21NO8S. The predicted molar refractivity (Wildman–Crippen MR) is 89.7 cm³/mol. The van der Waals surface area contributed by atoms with Gasteiger partial charge in [0.2, 0.25) is 0 Å². The van der Waals surface area contributed by atoms with E-state index >= 15 is 0 Å². The third-order valence-corrected chi connectivity index (χ3v) is 3.18. The molecule has 2 N–H and O–H groups in total. The molecule has 10 heteroatoms. The maximum atomic E-state index is 11.7. The van der Waals surface area contributed by atoms with Gasteiger partial charge in [-0.1, -0.05) is 6.07 Å². The maximum absolute atomic E-state index is 11.7. The maximum Gasteiger partial charge on any atom is 0.419 e. The van der Waals surface area contributed by atoms with Crippen molar-refractivity contribution in [1.82, 2.24) is 4.57 Å². The van der Waals surface area contributed by atoms with Gasteiger partial charge in [0, 0.05) is 0 Å². The van der Waals surface area contributed by atoms with Crippen LogP contribution in [0.25, 0.3) is 0 Å². The smallest absolute Gasteiger partial charge is 0.419 e. The first-order valence-corrected chi connectivity index (χ1v) is 8.91. The summed E-state index contributed by atoms with van der Waals surface area (Å²) in [6.45, 7) is 1.56. The molecule has 0 saturated carbocycles. The molecule has 0 radical (unpaired) electrons. The lowest BCUT2D eigenvalue weighted by Crippen LogP contribution is -2.18. The molecule has 1 heterocycles. The van der Waals surface area contributed by atoms with Gasteiger partial charge in [-0.2, -0.15) is 8.42 Å². The minimum Gasteiger partial charge on any atom is -0.493 e. The van der Waals surface area contributed by atoms with Crippen molar-refractivity contribution in [3.63, 3.8) is 0 Å². The SMILES string of the molecule is COc1ccc(C(C)n2cc(CO)oc2=O)cc1OC.CS(=O)(=O)O. The van der Waals surface area contributed by atoms with Gasteiger partial charge in [-0.25, -0.2) is 4.79 Å². The predicted octanol–water partition coefficient (Wildman–Crippen LogP) is 1.06. The average Bonchev–Trinajstić information content (AvgIpc) is 2.93. The summed E-state index contributed by atoms with van der Waals surface area (Å²) in [5.74, 6) is 0.952. The van der Waals surface area contributed by atoms with E-state index in [0.717, 1.165) is 5.56 Å². The fraction of sp³-hybridized carbons (Fsp3) is 0.400. The molecule has 0 amide bonds. The summed E-state index contributed by atoms with van der Waals surface area (Å²) in [7, 11) is -0.546. The van der Waals surface area contributed by atoms with Gasteiger partial charge < -0.3 is 19.0 Å². The third-order valence-electron chi connectivity index (χ3n) is 3.18. The number of hydrogen-bond acceptors (Lipinski definition) is 7. The summed E-state index contributed by atoms with van der Waals surface area (Å²) >= 11 is 0. The molecule has 9 nitrogen and oxygen atoms in total. The topological polar surface area (TPSA) is 128 Å². The van der Waals surface area contributed by atoms with Crippen LogP contribution in [0, 0.1) is 0 Å². The Morgan fingerprint density at radius 3 is 2.24 bits per heavy atom. The minimum absolute atomic E-state index is 0.238. The summed E-state index contributed by atoms with van der Waals surface area (Å²) in [4.78, 5) is 11.7. The number of aromatic nitrogens is 1. The van der Waals surface area contributed by atoms with E-state index in [4.69, 9.17) is 23.6 Å². The van der Waals surface area contributed by atoms with Crippen molar-refractivity contribution >= 4 is 10.1 Å². The van der Waals surface area contributed by atoms with Gasteiger partial charge in [0.15, 0.2) is 17.3 Å². The zero-order valence-corrected chi connectivity index (χ0v) is 15.1. The second-order valence-corrected chi connectivity index (χ2v) is 6.52. The number of rotatable bonds is 5. The molecule has 25 heavy (non-hydrogen) atoms. The van der Waals surface area contributed by atoms with Crippen LogP contribution in [0.15, 0.2) is 33.6 Å². The Morgan fingerprint density at radius 2 is 1.80 bits per heavy atom. The summed E-state index contributed by atoms with van der Waals surface area (Å²) in [6.07, 6.45) is 2.22. The highest BCUT2D eigenvalue weighted by atomic mass is 32.2. The van der Waals surface area contributed by atoms with Crippen molar-refractivity contribution in [3.05, 3.63) is 46.3 Å². The van der Waals surface area contributed by atoms with Gasteiger partial charge in [0.25, 0.3) is 10.1 Å². The Bertz CT molecular complexity index is 845. The molecule has 1 aromatic carbocycles. The van der Waals surface area contributed by atoms with E-state index in [1.165, 1.54) is 10.8 Å². The first-order chi connectivity index (χ1) is 11.6. The highest BCUT2D eigenvalue weighted by molar-refractivity contribution is 7.85. The van der Waals surface area contributed by atoms with E-state index in [-0.39, 0.29) is 18.4 Å². The molecule has 0 aliphatic rings. The Hall–Kier alpha value is -2.30. The molecule has 0 fully saturated rings. The number of benzene rings is 1. The standard InChI is InChI=1S/C14H17NO5.CH4O3S/c1-9(15-7-11(8-16)20-14(15)17)10-4-5-12(18-2)13(6-10)19-3;1-5(2,3)4/h4-7,9,16H,8H2,1-3H3;1H3,(H,2,3,4). The van der Waals surface area contributed by atoms with E-state index in [2.05, 4.69) is 0 Å². The van der Waals surface area contributed by atoms with E-state index in [1.807, 2.05) is 19.1 Å². The number of aliphatic hydroxyl groups is 1. The molecule has 0 spiro atoms. The number of nitrogens with zero attached hydrogens (tertiary/aromatic N) is 1. The molecule has 140 valence electrons. The van der Waals surface area contributed by atoms with Gasteiger partial charge in [0.1, 0.15) is 6.61 Å². The Labute approximate surface area is 145 Å². The van der Waals surface area contributed by atoms with Gasteiger partial charge in [-0.05, 0) is 24.6 Å². The molecule has 0 saturated heterocycles. The van der Waals surface area contributed by atoms with Crippen LogP contribution in [-0.4, -0.2) is 43.1 Å². The van der Waals surface area contributed by atoms with E-state index in [9.17, 15) is 13.2 Å². The summed E-state index contributed by atoms with van der Waals surface area (Å²) < 4.78 is 42.6. The van der Waals surface area contributed by atoms with Crippen LogP contribution in [-0.2, 0) is 16.7 Å². The van der Waals surface area contributed by atoms with Crippen LogP contribution in [0.3, 0.4) is 0 Å². The Morgan fingerprint density at radius 1 is 1.24 bits per heavy atom.